The Morgan fingerprint density at radius 1 is 1.19 bits per heavy atom. The van der Waals surface area contributed by atoms with Crippen LogP contribution in [0.5, 0.6) is 5.75 Å². The quantitative estimate of drug-likeness (QED) is 0.474. The van der Waals surface area contributed by atoms with E-state index in [2.05, 4.69) is 23.5 Å². The molecule has 5 nitrogen and oxygen atoms in total. The maximum atomic E-state index is 13.6. The second-order valence-electron chi connectivity index (χ2n) is 9.12. The van der Waals surface area contributed by atoms with Crippen LogP contribution in [0.4, 0.5) is 0 Å². The van der Waals surface area contributed by atoms with Gasteiger partial charge in [0.1, 0.15) is 10.6 Å². The maximum Gasteiger partial charge on any atom is 0.262 e. The number of thiophene rings is 1. The molecule has 0 bridgehead atoms. The summed E-state index contributed by atoms with van der Waals surface area (Å²) in [7, 11) is 1.68. The summed E-state index contributed by atoms with van der Waals surface area (Å²) in [6, 6.07) is 12.8. The number of aromatic nitrogens is 2. The lowest BCUT2D eigenvalue weighted by molar-refractivity contribution is 0.409. The van der Waals surface area contributed by atoms with E-state index in [1.165, 1.54) is 23.3 Å². The van der Waals surface area contributed by atoms with Gasteiger partial charge < -0.3 is 10.1 Å². The SMILES string of the molecule is COc1ccc2ccccc2c1Cn1cnc2sc3c(c2c1=O)CC[C@@H](NCC1CC1)C3. The van der Waals surface area contributed by atoms with E-state index < -0.39 is 0 Å². The average Bonchev–Trinajstić information content (AvgIpc) is 3.58. The van der Waals surface area contributed by atoms with E-state index in [4.69, 9.17) is 9.72 Å². The van der Waals surface area contributed by atoms with E-state index >= 15 is 0 Å². The highest BCUT2D eigenvalue weighted by Crippen LogP contribution is 2.35. The first kappa shape index (κ1) is 19.9. The van der Waals surface area contributed by atoms with Gasteiger partial charge in [-0.15, -0.1) is 11.3 Å². The van der Waals surface area contributed by atoms with Crippen LogP contribution in [0.15, 0.2) is 47.5 Å². The Morgan fingerprint density at radius 3 is 2.91 bits per heavy atom. The van der Waals surface area contributed by atoms with E-state index in [0.717, 1.165) is 64.0 Å². The van der Waals surface area contributed by atoms with Crippen molar-refractivity contribution in [1.29, 1.82) is 0 Å². The lowest BCUT2D eigenvalue weighted by Crippen LogP contribution is -2.35. The molecule has 2 aliphatic rings. The lowest BCUT2D eigenvalue weighted by Gasteiger charge is -2.23. The van der Waals surface area contributed by atoms with Gasteiger partial charge >= 0.3 is 0 Å². The summed E-state index contributed by atoms with van der Waals surface area (Å²) in [6.07, 6.45) is 7.52. The normalized spacial score (nSPS) is 18.2. The zero-order valence-corrected chi connectivity index (χ0v) is 19.1. The van der Waals surface area contributed by atoms with E-state index in [1.54, 1.807) is 29.3 Å². The van der Waals surface area contributed by atoms with Gasteiger partial charge in [-0.05, 0) is 67.0 Å². The van der Waals surface area contributed by atoms with Crippen LogP contribution in [0.25, 0.3) is 21.0 Å². The first-order valence-electron chi connectivity index (χ1n) is 11.5. The summed E-state index contributed by atoms with van der Waals surface area (Å²) >= 11 is 1.70. The van der Waals surface area contributed by atoms with E-state index in [0.29, 0.717) is 12.6 Å². The van der Waals surface area contributed by atoms with Crippen molar-refractivity contribution in [2.75, 3.05) is 13.7 Å². The minimum atomic E-state index is 0.0619. The third kappa shape index (κ3) is 3.51. The monoisotopic (exact) mass is 445 g/mol. The Kier molecular flexibility index (Phi) is 5.00. The largest absolute Gasteiger partial charge is 0.496 e. The van der Waals surface area contributed by atoms with Crippen molar-refractivity contribution in [2.24, 2.45) is 5.92 Å². The zero-order valence-electron chi connectivity index (χ0n) is 18.3. The first-order valence-corrected chi connectivity index (χ1v) is 12.3. The molecular weight excluding hydrogens is 418 g/mol. The number of hydrogen-bond donors (Lipinski definition) is 1. The van der Waals surface area contributed by atoms with Gasteiger partial charge in [-0.25, -0.2) is 4.98 Å². The number of rotatable bonds is 6. The zero-order chi connectivity index (χ0) is 21.7. The summed E-state index contributed by atoms with van der Waals surface area (Å²) in [4.78, 5) is 20.5. The molecule has 0 spiro atoms. The number of aryl methyl sites for hydroxylation is 1. The Labute approximate surface area is 191 Å². The molecule has 2 heterocycles. The van der Waals surface area contributed by atoms with Crippen LogP contribution >= 0.6 is 11.3 Å². The van der Waals surface area contributed by atoms with Gasteiger partial charge in [-0.3, -0.25) is 9.36 Å². The number of nitrogens with zero attached hydrogens (tertiary/aromatic N) is 2. The number of fused-ring (bicyclic) bond motifs is 4. The van der Waals surface area contributed by atoms with Crippen LogP contribution in [0, 0.1) is 5.92 Å². The summed E-state index contributed by atoms with van der Waals surface area (Å²) < 4.78 is 7.39. The van der Waals surface area contributed by atoms with Crippen molar-refractivity contribution < 1.29 is 4.74 Å². The fraction of sp³-hybridized carbons (Fsp3) is 0.385. The standard InChI is InChI=1S/C26H27N3O2S/c1-31-22-11-8-17-4-2-3-5-19(17)21(22)14-29-15-28-25-24(26(29)30)20-10-9-18(12-23(20)32-25)27-13-16-6-7-16/h2-5,8,11,15-16,18,27H,6-7,9-10,12-14H2,1H3/t18-/m1/s1. The molecule has 2 aromatic heterocycles. The predicted octanol–water partition coefficient (Wildman–Crippen LogP) is 4.53. The van der Waals surface area contributed by atoms with Gasteiger partial charge in [0.25, 0.3) is 5.56 Å². The smallest absolute Gasteiger partial charge is 0.262 e. The molecule has 0 radical (unpaired) electrons. The first-order chi connectivity index (χ1) is 15.7. The van der Waals surface area contributed by atoms with Gasteiger partial charge in [-0.2, -0.15) is 0 Å². The molecule has 1 N–H and O–H groups in total. The van der Waals surface area contributed by atoms with E-state index in [-0.39, 0.29) is 5.56 Å². The highest BCUT2D eigenvalue weighted by Gasteiger charge is 2.27. The number of nitrogens with one attached hydrogen (secondary N) is 1. The van der Waals surface area contributed by atoms with E-state index in [1.807, 2.05) is 18.2 Å². The maximum absolute atomic E-state index is 13.6. The van der Waals surface area contributed by atoms with Crippen LogP contribution in [0.1, 0.15) is 35.3 Å². The molecule has 0 aliphatic heterocycles. The van der Waals surface area contributed by atoms with E-state index in [9.17, 15) is 4.79 Å². The molecule has 2 aromatic carbocycles. The van der Waals surface area contributed by atoms with Crippen LogP contribution < -0.4 is 15.6 Å². The van der Waals surface area contributed by atoms with Crippen molar-refractivity contribution >= 4 is 32.3 Å². The second kappa shape index (κ2) is 8.01. The van der Waals surface area contributed by atoms with Gasteiger partial charge in [0.15, 0.2) is 0 Å². The van der Waals surface area contributed by atoms with Gasteiger partial charge in [0, 0.05) is 16.5 Å². The van der Waals surface area contributed by atoms with Crippen molar-refractivity contribution in [3.8, 4) is 5.75 Å². The summed E-state index contributed by atoms with van der Waals surface area (Å²) in [5.74, 6) is 1.69. The number of methoxy groups -OCH3 is 1. The summed E-state index contributed by atoms with van der Waals surface area (Å²) in [5, 5.41) is 6.82. The van der Waals surface area contributed by atoms with Crippen LogP contribution in [0.3, 0.4) is 0 Å². The van der Waals surface area contributed by atoms with Gasteiger partial charge in [0.2, 0.25) is 0 Å². The fourth-order valence-corrected chi connectivity index (χ4v) is 6.24. The van der Waals surface area contributed by atoms with Crippen molar-refractivity contribution in [3.63, 3.8) is 0 Å². The molecule has 32 heavy (non-hydrogen) atoms. The number of hydrogen-bond acceptors (Lipinski definition) is 5. The average molecular weight is 446 g/mol. The van der Waals surface area contributed by atoms with Crippen LogP contribution in [-0.4, -0.2) is 29.2 Å². The van der Waals surface area contributed by atoms with Crippen molar-refractivity contribution in [2.45, 2.75) is 44.7 Å². The van der Waals surface area contributed by atoms with Crippen molar-refractivity contribution in [3.05, 3.63) is 69.1 Å². The Balaban J connectivity index is 1.36. The highest BCUT2D eigenvalue weighted by molar-refractivity contribution is 7.18. The van der Waals surface area contributed by atoms with Crippen molar-refractivity contribution in [1.82, 2.24) is 14.9 Å². The predicted molar refractivity (Wildman–Crippen MR) is 130 cm³/mol. The molecule has 1 atom stereocenters. The minimum Gasteiger partial charge on any atom is -0.496 e. The third-order valence-corrected chi connectivity index (χ3v) is 8.14. The topological polar surface area (TPSA) is 56.2 Å². The van der Waals surface area contributed by atoms with Gasteiger partial charge in [0.05, 0.1) is 25.4 Å². The Bertz CT molecular complexity index is 1370. The molecule has 164 valence electrons. The third-order valence-electron chi connectivity index (χ3n) is 6.97. The fourth-order valence-electron chi connectivity index (χ4n) is 4.98. The molecule has 4 aromatic rings. The molecule has 1 fully saturated rings. The molecule has 6 heteroatoms. The Hall–Kier alpha value is -2.70. The van der Waals surface area contributed by atoms with Crippen LogP contribution in [-0.2, 0) is 19.4 Å². The second-order valence-corrected chi connectivity index (χ2v) is 10.2. The summed E-state index contributed by atoms with van der Waals surface area (Å²) in [6.45, 7) is 1.59. The molecule has 1 saturated carbocycles. The molecule has 0 unspecified atom stereocenters. The summed E-state index contributed by atoms with van der Waals surface area (Å²) in [5.41, 5.74) is 2.31. The highest BCUT2D eigenvalue weighted by atomic mass is 32.1. The van der Waals surface area contributed by atoms with Crippen LogP contribution in [0.2, 0.25) is 0 Å². The Morgan fingerprint density at radius 2 is 2.06 bits per heavy atom. The van der Waals surface area contributed by atoms with Gasteiger partial charge in [-0.1, -0.05) is 30.3 Å². The molecular formula is C26H27N3O2S. The lowest BCUT2D eigenvalue weighted by atomic mass is 9.93. The number of ether oxygens (including phenoxy) is 1. The molecule has 2 aliphatic carbocycles. The minimum absolute atomic E-state index is 0.0619. The molecule has 6 rings (SSSR count). The molecule has 0 amide bonds. The molecule has 0 saturated heterocycles. The number of benzene rings is 2.